The number of benzene rings is 3. The predicted molar refractivity (Wildman–Crippen MR) is 159 cm³/mol. The summed E-state index contributed by atoms with van der Waals surface area (Å²) in [6, 6.07) is 18.5. The normalized spacial score (nSPS) is 14.5. The van der Waals surface area contributed by atoms with Gasteiger partial charge in [0, 0.05) is 25.1 Å². The van der Waals surface area contributed by atoms with Crippen LogP contribution in [0.25, 0.3) is 21.9 Å². The first kappa shape index (κ1) is 29.1. The first-order valence-electron chi connectivity index (χ1n) is 14.7. The van der Waals surface area contributed by atoms with Crippen molar-refractivity contribution in [1.29, 1.82) is 0 Å². The molecule has 0 bridgehead atoms. The number of nitrogens with zero attached hydrogens (tertiary/aromatic N) is 1. The number of unbranched alkanes of at least 4 members (excludes halogenated alkanes) is 3. The number of phenols is 1. The van der Waals surface area contributed by atoms with Crippen molar-refractivity contribution in [3.05, 3.63) is 65.7 Å². The summed E-state index contributed by atoms with van der Waals surface area (Å²) in [5, 5.41) is 13.3. The molecule has 0 spiro atoms. The van der Waals surface area contributed by atoms with Crippen molar-refractivity contribution in [3.63, 3.8) is 0 Å². The molecule has 1 fully saturated rings. The third-order valence-electron chi connectivity index (χ3n) is 8.03. The zero-order valence-electron chi connectivity index (χ0n) is 24.0. The number of aromatic hydroxyl groups is 1. The van der Waals surface area contributed by atoms with Gasteiger partial charge in [-0.2, -0.15) is 0 Å². The van der Waals surface area contributed by atoms with Crippen molar-refractivity contribution in [2.45, 2.75) is 77.7 Å². The fourth-order valence-electron chi connectivity index (χ4n) is 5.47. The highest BCUT2D eigenvalue weighted by atomic mass is 16.5. The lowest BCUT2D eigenvalue weighted by molar-refractivity contribution is -0.145. The molecule has 0 amide bonds. The van der Waals surface area contributed by atoms with Gasteiger partial charge in [-0.1, -0.05) is 88.9 Å². The molecule has 1 aliphatic heterocycles. The SMILES string of the molecule is CCCCCCC(C)(C)c1ccc(-c2cccc3ccc(COC(=O)CCCN4CCOCC4)cc23)c(O)c1. The molecule has 0 aromatic heterocycles. The monoisotopic (exact) mass is 531 g/mol. The van der Waals surface area contributed by atoms with Gasteiger partial charge in [-0.15, -0.1) is 0 Å². The van der Waals surface area contributed by atoms with Crippen LogP contribution in [0.4, 0.5) is 0 Å². The molecular weight excluding hydrogens is 486 g/mol. The molecule has 1 N–H and O–H groups in total. The number of phenolic OH excluding ortho intramolecular Hbond substituents is 1. The van der Waals surface area contributed by atoms with Crippen molar-refractivity contribution in [3.8, 4) is 16.9 Å². The average molecular weight is 532 g/mol. The zero-order valence-corrected chi connectivity index (χ0v) is 24.0. The Morgan fingerprint density at radius 1 is 0.974 bits per heavy atom. The van der Waals surface area contributed by atoms with E-state index in [2.05, 4.69) is 49.9 Å². The second kappa shape index (κ2) is 14.0. The highest BCUT2D eigenvalue weighted by molar-refractivity contribution is 5.98. The molecule has 5 heteroatoms. The van der Waals surface area contributed by atoms with Gasteiger partial charge in [-0.05, 0) is 64.4 Å². The lowest BCUT2D eigenvalue weighted by atomic mass is 9.79. The van der Waals surface area contributed by atoms with Crippen LogP contribution in [0.5, 0.6) is 5.75 Å². The Kier molecular flexibility index (Phi) is 10.4. The first-order chi connectivity index (χ1) is 18.9. The maximum absolute atomic E-state index is 12.4. The van der Waals surface area contributed by atoms with Gasteiger partial charge in [0.1, 0.15) is 12.4 Å². The van der Waals surface area contributed by atoms with Crippen LogP contribution in [-0.2, 0) is 26.3 Å². The second-order valence-electron chi connectivity index (χ2n) is 11.5. The molecule has 3 aromatic rings. The first-order valence-corrected chi connectivity index (χ1v) is 14.7. The molecular formula is C34H45NO4. The summed E-state index contributed by atoms with van der Waals surface area (Å²) in [6.45, 7) is 11.3. The van der Waals surface area contributed by atoms with Crippen LogP contribution >= 0.6 is 0 Å². The van der Waals surface area contributed by atoms with E-state index >= 15 is 0 Å². The fourth-order valence-corrected chi connectivity index (χ4v) is 5.47. The number of rotatable bonds is 13. The highest BCUT2D eigenvalue weighted by Gasteiger charge is 2.22. The summed E-state index contributed by atoms with van der Waals surface area (Å²) < 4.78 is 11.0. The summed E-state index contributed by atoms with van der Waals surface area (Å²) in [6.07, 6.45) is 7.30. The Morgan fingerprint density at radius 3 is 2.56 bits per heavy atom. The number of esters is 1. The number of carbonyl (C=O) groups excluding carboxylic acids is 1. The van der Waals surface area contributed by atoms with Gasteiger partial charge >= 0.3 is 5.97 Å². The van der Waals surface area contributed by atoms with E-state index in [-0.39, 0.29) is 18.0 Å². The number of carbonyl (C=O) groups is 1. The van der Waals surface area contributed by atoms with Crippen LogP contribution in [0, 0.1) is 0 Å². The number of fused-ring (bicyclic) bond motifs is 1. The maximum atomic E-state index is 12.4. The molecule has 0 radical (unpaired) electrons. The molecule has 0 aliphatic carbocycles. The smallest absolute Gasteiger partial charge is 0.306 e. The van der Waals surface area contributed by atoms with Gasteiger partial charge in [-0.25, -0.2) is 0 Å². The van der Waals surface area contributed by atoms with Crippen molar-refractivity contribution < 1.29 is 19.4 Å². The summed E-state index contributed by atoms with van der Waals surface area (Å²) in [5.74, 6) is 0.140. The van der Waals surface area contributed by atoms with Crippen molar-refractivity contribution in [1.82, 2.24) is 4.90 Å². The number of hydrogen-bond acceptors (Lipinski definition) is 5. The molecule has 3 aromatic carbocycles. The van der Waals surface area contributed by atoms with Crippen LogP contribution in [0.15, 0.2) is 54.6 Å². The van der Waals surface area contributed by atoms with Gasteiger partial charge in [0.25, 0.3) is 0 Å². The van der Waals surface area contributed by atoms with Crippen molar-refractivity contribution >= 4 is 16.7 Å². The molecule has 1 aliphatic rings. The third kappa shape index (κ3) is 8.06. The van der Waals surface area contributed by atoms with Crippen molar-refractivity contribution in [2.75, 3.05) is 32.8 Å². The van der Waals surface area contributed by atoms with Gasteiger partial charge in [0.2, 0.25) is 0 Å². The van der Waals surface area contributed by atoms with E-state index in [0.717, 1.165) is 73.2 Å². The van der Waals surface area contributed by atoms with E-state index in [1.165, 1.54) is 31.2 Å². The second-order valence-corrected chi connectivity index (χ2v) is 11.5. The number of ether oxygens (including phenoxy) is 2. The number of hydrogen-bond donors (Lipinski definition) is 1. The van der Waals surface area contributed by atoms with Crippen LogP contribution in [0.3, 0.4) is 0 Å². The van der Waals surface area contributed by atoms with E-state index in [4.69, 9.17) is 9.47 Å². The fraction of sp³-hybridized carbons (Fsp3) is 0.500. The molecule has 1 heterocycles. The highest BCUT2D eigenvalue weighted by Crippen LogP contribution is 2.39. The van der Waals surface area contributed by atoms with Gasteiger partial charge in [-0.3, -0.25) is 9.69 Å². The zero-order chi connectivity index (χ0) is 27.7. The van der Waals surface area contributed by atoms with Gasteiger partial charge in [0.05, 0.1) is 13.2 Å². The summed E-state index contributed by atoms with van der Waals surface area (Å²) >= 11 is 0. The summed E-state index contributed by atoms with van der Waals surface area (Å²) in [7, 11) is 0. The van der Waals surface area contributed by atoms with E-state index in [9.17, 15) is 9.90 Å². The summed E-state index contributed by atoms with van der Waals surface area (Å²) in [4.78, 5) is 14.7. The largest absolute Gasteiger partial charge is 0.507 e. The molecule has 210 valence electrons. The van der Waals surface area contributed by atoms with Crippen LogP contribution in [0.1, 0.15) is 76.8 Å². The minimum absolute atomic E-state index is 0.0156. The van der Waals surface area contributed by atoms with E-state index in [1.54, 1.807) is 0 Å². The maximum Gasteiger partial charge on any atom is 0.306 e. The topological polar surface area (TPSA) is 59.0 Å². The standard InChI is InChI=1S/C34H45NO4/c1-4-5-6-7-17-34(2,3)28-15-16-30(32(36)24-28)29-11-8-10-27-14-13-26(23-31(27)29)25-39-33(37)12-9-18-35-19-21-38-22-20-35/h8,10-11,13-16,23-24,36H,4-7,9,12,17-22,25H2,1-3H3. The Morgan fingerprint density at radius 2 is 1.79 bits per heavy atom. The Balaban J connectivity index is 1.42. The molecule has 5 nitrogen and oxygen atoms in total. The van der Waals surface area contributed by atoms with Gasteiger partial charge in [0.15, 0.2) is 0 Å². The minimum atomic E-state index is -0.165. The van der Waals surface area contributed by atoms with Crippen LogP contribution in [-0.4, -0.2) is 48.8 Å². The molecule has 0 saturated carbocycles. The van der Waals surface area contributed by atoms with Crippen LogP contribution < -0.4 is 0 Å². The lowest BCUT2D eigenvalue weighted by Gasteiger charge is -2.26. The minimum Gasteiger partial charge on any atom is -0.507 e. The molecule has 0 atom stereocenters. The van der Waals surface area contributed by atoms with Gasteiger partial charge < -0.3 is 14.6 Å². The lowest BCUT2D eigenvalue weighted by Crippen LogP contribution is -2.37. The predicted octanol–water partition coefficient (Wildman–Crippen LogP) is 7.62. The Labute approximate surface area is 234 Å². The third-order valence-corrected chi connectivity index (χ3v) is 8.03. The number of morpholine rings is 1. The van der Waals surface area contributed by atoms with E-state index < -0.39 is 0 Å². The Hall–Kier alpha value is -2.89. The van der Waals surface area contributed by atoms with E-state index in [1.807, 2.05) is 30.3 Å². The average Bonchev–Trinajstić information content (AvgIpc) is 2.94. The van der Waals surface area contributed by atoms with E-state index in [0.29, 0.717) is 12.2 Å². The van der Waals surface area contributed by atoms with Crippen LogP contribution in [0.2, 0.25) is 0 Å². The molecule has 4 rings (SSSR count). The molecule has 1 saturated heterocycles. The summed E-state index contributed by atoms with van der Waals surface area (Å²) in [5.41, 5.74) is 3.93. The molecule has 0 unspecified atom stereocenters. The molecule has 39 heavy (non-hydrogen) atoms. The quantitative estimate of drug-likeness (QED) is 0.182. The van der Waals surface area contributed by atoms with Crippen molar-refractivity contribution in [2.24, 2.45) is 0 Å². The Bertz CT molecular complexity index is 1230.